The molecule has 5 nitrogen and oxygen atoms in total. The molecule has 0 spiro atoms. The van der Waals surface area contributed by atoms with E-state index in [4.69, 9.17) is 0 Å². The van der Waals surface area contributed by atoms with Gasteiger partial charge in [-0.1, -0.05) is 42.5 Å². The number of rotatable bonds is 5. The standard InChI is InChI=1S/C17H17N3O2/c21-11-15(13-6-2-1-3-7-13)19-17(22)10-20-12-18-14-8-4-5-9-16(14)20/h1-9,12,15,21H,10-11H2,(H,19,22)/t15-/m0/s1. The second-order valence-electron chi connectivity index (χ2n) is 5.07. The van der Waals surface area contributed by atoms with Gasteiger partial charge in [-0.2, -0.15) is 0 Å². The number of nitrogens with zero attached hydrogens (tertiary/aromatic N) is 2. The highest BCUT2D eigenvalue weighted by molar-refractivity contribution is 5.80. The molecule has 0 fully saturated rings. The van der Waals surface area contributed by atoms with Crippen LogP contribution in [-0.2, 0) is 11.3 Å². The second kappa shape index (κ2) is 6.41. The van der Waals surface area contributed by atoms with Gasteiger partial charge < -0.3 is 15.0 Å². The molecule has 22 heavy (non-hydrogen) atoms. The number of carbonyl (C=O) groups excluding carboxylic acids is 1. The van der Waals surface area contributed by atoms with Crippen LogP contribution >= 0.6 is 0 Å². The Hall–Kier alpha value is -2.66. The monoisotopic (exact) mass is 295 g/mol. The highest BCUT2D eigenvalue weighted by Gasteiger charge is 2.14. The van der Waals surface area contributed by atoms with Gasteiger partial charge in [0, 0.05) is 0 Å². The molecule has 3 rings (SSSR count). The van der Waals surface area contributed by atoms with Crippen LogP contribution in [-0.4, -0.2) is 27.2 Å². The van der Waals surface area contributed by atoms with E-state index in [9.17, 15) is 9.90 Å². The second-order valence-corrected chi connectivity index (χ2v) is 5.07. The average molecular weight is 295 g/mol. The van der Waals surface area contributed by atoms with Gasteiger partial charge in [0.25, 0.3) is 0 Å². The predicted molar refractivity (Wildman–Crippen MR) is 84.1 cm³/mol. The number of nitrogens with one attached hydrogen (secondary N) is 1. The molecular weight excluding hydrogens is 278 g/mol. The van der Waals surface area contributed by atoms with Crippen LogP contribution in [0.1, 0.15) is 11.6 Å². The quantitative estimate of drug-likeness (QED) is 0.755. The highest BCUT2D eigenvalue weighted by Crippen LogP contribution is 2.13. The maximum absolute atomic E-state index is 12.2. The molecule has 1 atom stereocenters. The topological polar surface area (TPSA) is 67.2 Å². The Balaban J connectivity index is 1.72. The van der Waals surface area contributed by atoms with Crippen LogP contribution < -0.4 is 5.32 Å². The van der Waals surface area contributed by atoms with Crippen LogP contribution in [0.15, 0.2) is 60.9 Å². The van der Waals surface area contributed by atoms with Crippen molar-refractivity contribution in [3.63, 3.8) is 0 Å². The van der Waals surface area contributed by atoms with Crippen molar-refractivity contribution in [1.29, 1.82) is 0 Å². The number of amides is 1. The first kappa shape index (κ1) is 14.3. The number of aromatic nitrogens is 2. The maximum Gasteiger partial charge on any atom is 0.240 e. The number of aliphatic hydroxyl groups excluding tert-OH is 1. The van der Waals surface area contributed by atoms with Crippen LogP contribution in [0.4, 0.5) is 0 Å². The summed E-state index contributed by atoms with van der Waals surface area (Å²) >= 11 is 0. The zero-order valence-electron chi connectivity index (χ0n) is 12.0. The van der Waals surface area contributed by atoms with Gasteiger partial charge in [-0.25, -0.2) is 4.98 Å². The van der Waals surface area contributed by atoms with Crippen molar-refractivity contribution in [3.8, 4) is 0 Å². The highest BCUT2D eigenvalue weighted by atomic mass is 16.3. The van der Waals surface area contributed by atoms with Crippen molar-refractivity contribution in [2.45, 2.75) is 12.6 Å². The molecule has 0 radical (unpaired) electrons. The van der Waals surface area contributed by atoms with Gasteiger partial charge in [0.05, 0.1) is 30.0 Å². The Morgan fingerprint density at radius 2 is 1.86 bits per heavy atom. The van der Waals surface area contributed by atoms with Crippen LogP contribution in [0.5, 0.6) is 0 Å². The summed E-state index contributed by atoms with van der Waals surface area (Å²) < 4.78 is 1.80. The summed E-state index contributed by atoms with van der Waals surface area (Å²) in [5, 5.41) is 12.3. The maximum atomic E-state index is 12.2. The normalized spacial score (nSPS) is 12.2. The number of hydrogen-bond acceptors (Lipinski definition) is 3. The Bertz CT molecular complexity index is 768. The third-order valence-corrected chi connectivity index (χ3v) is 3.56. The van der Waals surface area contributed by atoms with E-state index >= 15 is 0 Å². The molecule has 0 saturated heterocycles. The van der Waals surface area contributed by atoms with Crippen LogP contribution in [0, 0.1) is 0 Å². The lowest BCUT2D eigenvalue weighted by atomic mass is 10.1. The predicted octanol–water partition coefficient (Wildman–Crippen LogP) is 1.89. The largest absolute Gasteiger partial charge is 0.394 e. The molecule has 0 aliphatic carbocycles. The Kier molecular flexibility index (Phi) is 4.16. The van der Waals surface area contributed by atoms with E-state index in [0.29, 0.717) is 0 Å². The summed E-state index contributed by atoms with van der Waals surface area (Å²) in [6.07, 6.45) is 1.65. The molecule has 0 aliphatic rings. The van der Waals surface area contributed by atoms with E-state index in [1.807, 2.05) is 54.6 Å². The fraction of sp³-hybridized carbons (Fsp3) is 0.176. The molecule has 5 heteroatoms. The van der Waals surface area contributed by atoms with Gasteiger partial charge in [0.15, 0.2) is 0 Å². The van der Waals surface area contributed by atoms with Gasteiger partial charge in [-0.3, -0.25) is 4.79 Å². The number of fused-ring (bicyclic) bond motifs is 1. The molecule has 1 amide bonds. The van der Waals surface area contributed by atoms with E-state index in [0.717, 1.165) is 16.6 Å². The van der Waals surface area contributed by atoms with Gasteiger partial charge in [-0.05, 0) is 17.7 Å². The smallest absolute Gasteiger partial charge is 0.240 e. The van der Waals surface area contributed by atoms with Crippen molar-refractivity contribution in [2.24, 2.45) is 0 Å². The van der Waals surface area contributed by atoms with Gasteiger partial charge >= 0.3 is 0 Å². The first-order valence-corrected chi connectivity index (χ1v) is 7.13. The molecular formula is C17H17N3O2. The first-order valence-electron chi connectivity index (χ1n) is 7.13. The summed E-state index contributed by atoms with van der Waals surface area (Å²) in [6, 6.07) is 16.7. The minimum Gasteiger partial charge on any atom is -0.394 e. The summed E-state index contributed by atoms with van der Waals surface area (Å²) in [6.45, 7) is 0.0320. The number of carbonyl (C=O) groups is 1. The lowest BCUT2D eigenvalue weighted by molar-refractivity contribution is -0.122. The zero-order chi connectivity index (χ0) is 15.4. The average Bonchev–Trinajstić information content (AvgIpc) is 2.96. The Morgan fingerprint density at radius 3 is 2.64 bits per heavy atom. The van der Waals surface area contributed by atoms with Crippen molar-refractivity contribution < 1.29 is 9.90 Å². The molecule has 2 aromatic carbocycles. The molecule has 1 heterocycles. The summed E-state index contributed by atoms with van der Waals surface area (Å²) in [7, 11) is 0. The molecule has 0 saturated carbocycles. The van der Waals surface area contributed by atoms with Crippen LogP contribution in [0.2, 0.25) is 0 Å². The number of para-hydroxylation sites is 2. The van der Waals surface area contributed by atoms with Gasteiger partial charge in [-0.15, -0.1) is 0 Å². The SMILES string of the molecule is O=C(Cn1cnc2ccccc21)N[C@@H](CO)c1ccccc1. The number of imidazole rings is 1. The molecule has 0 bridgehead atoms. The first-order chi connectivity index (χ1) is 10.8. The molecule has 0 unspecified atom stereocenters. The van der Waals surface area contributed by atoms with Crippen molar-refractivity contribution in [2.75, 3.05) is 6.61 Å². The lowest BCUT2D eigenvalue weighted by Crippen LogP contribution is -2.33. The Labute approximate surface area is 128 Å². The van der Waals surface area contributed by atoms with Crippen molar-refractivity contribution in [3.05, 3.63) is 66.5 Å². The minimum absolute atomic E-state index is 0.138. The molecule has 1 aromatic heterocycles. The van der Waals surface area contributed by atoms with E-state index in [1.54, 1.807) is 10.9 Å². The third-order valence-electron chi connectivity index (χ3n) is 3.56. The fourth-order valence-electron chi connectivity index (χ4n) is 2.45. The number of benzene rings is 2. The molecule has 0 aliphatic heterocycles. The molecule has 112 valence electrons. The van der Waals surface area contributed by atoms with E-state index in [1.165, 1.54) is 0 Å². The van der Waals surface area contributed by atoms with Crippen LogP contribution in [0.25, 0.3) is 11.0 Å². The molecule has 3 aromatic rings. The van der Waals surface area contributed by atoms with Gasteiger partial charge in [0.1, 0.15) is 6.54 Å². The van der Waals surface area contributed by atoms with Crippen molar-refractivity contribution in [1.82, 2.24) is 14.9 Å². The molecule has 2 N–H and O–H groups in total. The zero-order valence-corrected chi connectivity index (χ0v) is 12.0. The summed E-state index contributed by atoms with van der Waals surface area (Å²) in [4.78, 5) is 16.5. The fourth-order valence-corrected chi connectivity index (χ4v) is 2.45. The lowest BCUT2D eigenvalue weighted by Gasteiger charge is -2.17. The van der Waals surface area contributed by atoms with E-state index in [-0.39, 0.29) is 19.1 Å². The van der Waals surface area contributed by atoms with Crippen LogP contribution in [0.3, 0.4) is 0 Å². The minimum atomic E-state index is -0.400. The van der Waals surface area contributed by atoms with E-state index in [2.05, 4.69) is 10.3 Å². The number of hydrogen-bond donors (Lipinski definition) is 2. The van der Waals surface area contributed by atoms with Crippen molar-refractivity contribution >= 4 is 16.9 Å². The summed E-state index contributed by atoms with van der Waals surface area (Å²) in [5.74, 6) is -0.161. The summed E-state index contributed by atoms with van der Waals surface area (Å²) in [5.41, 5.74) is 2.66. The number of aliphatic hydroxyl groups is 1. The third kappa shape index (κ3) is 2.99. The Morgan fingerprint density at radius 1 is 1.14 bits per heavy atom. The van der Waals surface area contributed by atoms with E-state index < -0.39 is 6.04 Å². The van der Waals surface area contributed by atoms with Gasteiger partial charge in [0.2, 0.25) is 5.91 Å².